The molecule has 1 N–H and O–H groups in total. The van der Waals surface area contributed by atoms with Crippen LogP contribution in [0.25, 0.3) is 44.3 Å². The number of aromatic carboxylic acids is 1. The molecule has 0 aliphatic rings. The van der Waals surface area contributed by atoms with Crippen molar-refractivity contribution in [1.82, 2.24) is 19.9 Å². The van der Waals surface area contributed by atoms with Crippen LogP contribution in [0.4, 0.5) is 0 Å². The quantitative estimate of drug-likeness (QED) is 0.149. The first-order valence-electron chi connectivity index (χ1n) is 12.8. The summed E-state index contributed by atoms with van der Waals surface area (Å²) >= 11 is 0. The Morgan fingerprint density at radius 3 is 1.64 bits per heavy atom. The zero-order valence-corrected chi connectivity index (χ0v) is 24.7. The van der Waals surface area contributed by atoms with Gasteiger partial charge in [0.25, 0.3) is 0 Å². The Kier molecular flexibility index (Phi) is 10.7. The van der Waals surface area contributed by atoms with Gasteiger partial charge in [0.2, 0.25) is 0 Å². The maximum atomic E-state index is 11.1. The largest absolute Gasteiger partial charge is 0.478 e. The van der Waals surface area contributed by atoms with Crippen LogP contribution in [0.5, 0.6) is 0 Å². The molecule has 0 spiro atoms. The minimum atomic E-state index is -0.951. The van der Waals surface area contributed by atoms with E-state index in [9.17, 15) is 4.79 Å². The van der Waals surface area contributed by atoms with E-state index in [0.717, 1.165) is 33.4 Å². The number of benzene rings is 3. The Hall–Kier alpha value is -5.10. The standard InChI is InChI=1S/C13H8N2O2.2C11H8N.Ir/c16-13(17)10-5-7-15-12-9(10)4-3-8-2-1-6-14-11(8)12;2*1-2-6-10(7-3-1)11-8-4-5-9-12-11;/h1-7H,(H,16,17);2*1-6,8-9H;/q;2*-1;. The van der Waals surface area contributed by atoms with E-state index in [1.807, 2.05) is 103 Å². The smallest absolute Gasteiger partial charge is 0.336 e. The van der Waals surface area contributed by atoms with Crippen molar-refractivity contribution in [3.63, 3.8) is 0 Å². The fourth-order valence-electron chi connectivity index (χ4n) is 4.09. The first-order chi connectivity index (χ1) is 20.2. The van der Waals surface area contributed by atoms with Crippen LogP contribution in [0, 0.1) is 12.1 Å². The third kappa shape index (κ3) is 7.55. The third-order valence-corrected chi connectivity index (χ3v) is 6.01. The van der Waals surface area contributed by atoms with Gasteiger partial charge < -0.3 is 15.1 Å². The molecule has 0 unspecified atom stereocenters. The number of hydrogen-bond acceptors (Lipinski definition) is 5. The zero-order valence-electron chi connectivity index (χ0n) is 22.3. The number of hydrogen-bond donors (Lipinski definition) is 1. The summed E-state index contributed by atoms with van der Waals surface area (Å²) < 4.78 is 0. The van der Waals surface area contributed by atoms with Gasteiger partial charge in [-0.25, -0.2) is 4.79 Å². The molecule has 42 heavy (non-hydrogen) atoms. The van der Waals surface area contributed by atoms with Crippen molar-refractivity contribution >= 4 is 27.8 Å². The van der Waals surface area contributed by atoms with Crippen LogP contribution in [-0.4, -0.2) is 31.0 Å². The van der Waals surface area contributed by atoms with Crippen molar-refractivity contribution in [2.75, 3.05) is 0 Å². The number of rotatable bonds is 3. The summed E-state index contributed by atoms with van der Waals surface area (Å²) in [6, 6.07) is 42.5. The molecule has 7 rings (SSSR count). The molecule has 207 valence electrons. The second-order valence-electron chi connectivity index (χ2n) is 8.68. The zero-order chi connectivity index (χ0) is 28.3. The number of carboxylic acids is 1. The average Bonchev–Trinajstić information content (AvgIpc) is 3.06. The van der Waals surface area contributed by atoms with Gasteiger partial charge in [0, 0.05) is 55.7 Å². The molecule has 0 bridgehead atoms. The molecule has 7 aromatic rings. The molecule has 4 aromatic heterocycles. The van der Waals surface area contributed by atoms with Crippen LogP contribution < -0.4 is 0 Å². The molecule has 0 amide bonds. The average molecular weight is 725 g/mol. The molecule has 7 heteroatoms. The van der Waals surface area contributed by atoms with Crippen molar-refractivity contribution in [1.29, 1.82) is 0 Å². The number of carboxylic acid groups (broad SMARTS) is 1. The van der Waals surface area contributed by atoms with Crippen LogP contribution in [0.3, 0.4) is 0 Å². The summed E-state index contributed by atoms with van der Waals surface area (Å²) in [5.41, 5.74) is 5.63. The summed E-state index contributed by atoms with van der Waals surface area (Å²) in [5.74, 6) is -0.951. The molecule has 0 saturated heterocycles. The van der Waals surface area contributed by atoms with E-state index >= 15 is 0 Å². The van der Waals surface area contributed by atoms with Gasteiger partial charge in [0.05, 0.1) is 16.6 Å². The molecule has 0 aliphatic carbocycles. The van der Waals surface area contributed by atoms with Gasteiger partial charge in [0.1, 0.15) is 0 Å². The molecular weight excluding hydrogens is 701 g/mol. The molecular formula is C35H24IrN4O2-2. The van der Waals surface area contributed by atoms with E-state index in [2.05, 4.69) is 32.1 Å². The van der Waals surface area contributed by atoms with Crippen molar-refractivity contribution in [3.05, 3.63) is 158 Å². The Morgan fingerprint density at radius 2 is 1.12 bits per heavy atom. The maximum absolute atomic E-state index is 11.1. The Balaban J connectivity index is 0.000000146. The Bertz CT molecular complexity index is 1700. The first kappa shape index (κ1) is 29.9. The monoisotopic (exact) mass is 725 g/mol. The summed E-state index contributed by atoms with van der Waals surface area (Å²) in [4.78, 5) is 28.0. The fourth-order valence-corrected chi connectivity index (χ4v) is 4.09. The van der Waals surface area contributed by atoms with Crippen molar-refractivity contribution in [3.8, 4) is 22.5 Å². The van der Waals surface area contributed by atoms with E-state index in [-0.39, 0.29) is 25.7 Å². The number of carbonyl (C=O) groups is 1. The summed E-state index contributed by atoms with van der Waals surface area (Å²) in [7, 11) is 0. The number of pyridine rings is 4. The van der Waals surface area contributed by atoms with Gasteiger partial charge in [0.15, 0.2) is 0 Å². The second-order valence-corrected chi connectivity index (χ2v) is 8.68. The topological polar surface area (TPSA) is 88.9 Å². The minimum absolute atomic E-state index is 0. The van der Waals surface area contributed by atoms with Crippen molar-refractivity contribution < 1.29 is 30.0 Å². The Labute approximate surface area is 257 Å². The minimum Gasteiger partial charge on any atom is -0.478 e. The SMILES string of the molecule is O=C(O)c1ccnc2c1ccc1cccnc12.[Ir].[c-]1ccccc1-c1ccccn1.[c-]1ccccc1-c1ccccn1. The van der Waals surface area contributed by atoms with Crippen LogP contribution in [0.1, 0.15) is 10.4 Å². The van der Waals surface area contributed by atoms with E-state index in [1.165, 1.54) is 12.3 Å². The summed E-state index contributed by atoms with van der Waals surface area (Å²) in [6.07, 6.45) is 6.75. The van der Waals surface area contributed by atoms with E-state index in [1.54, 1.807) is 24.7 Å². The van der Waals surface area contributed by atoms with Gasteiger partial charge in [-0.2, -0.15) is 0 Å². The molecule has 0 fully saturated rings. The van der Waals surface area contributed by atoms with E-state index in [0.29, 0.717) is 10.9 Å². The van der Waals surface area contributed by atoms with Crippen LogP contribution in [-0.2, 0) is 20.1 Å². The predicted molar refractivity (Wildman–Crippen MR) is 161 cm³/mol. The van der Waals surface area contributed by atoms with Crippen LogP contribution >= 0.6 is 0 Å². The normalized spacial score (nSPS) is 9.90. The first-order valence-corrected chi connectivity index (χ1v) is 12.8. The third-order valence-electron chi connectivity index (χ3n) is 6.01. The van der Waals surface area contributed by atoms with Gasteiger partial charge in [-0.1, -0.05) is 42.5 Å². The van der Waals surface area contributed by atoms with Crippen molar-refractivity contribution in [2.24, 2.45) is 0 Å². The molecule has 0 atom stereocenters. The molecule has 6 nitrogen and oxygen atoms in total. The van der Waals surface area contributed by atoms with Crippen LogP contribution in [0.2, 0.25) is 0 Å². The van der Waals surface area contributed by atoms with Crippen molar-refractivity contribution in [2.45, 2.75) is 0 Å². The molecule has 4 heterocycles. The van der Waals surface area contributed by atoms with Gasteiger partial charge in [-0.3, -0.25) is 9.97 Å². The predicted octanol–water partition coefficient (Wildman–Crippen LogP) is 7.58. The van der Waals surface area contributed by atoms with E-state index in [4.69, 9.17) is 5.11 Å². The molecule has 1 radical (unpaired) electrons. The molecule has 0 aliphatic heterocycles. The van der Waals surface area contributed by atoms with Gasteiger partial charge >= 0.3 is 5.97 Å². The summed E-state index contributed by atoms with van der Waals surface area (Å²) in [5, 5.41) is 10.7. The maximum Gasteiger partial charge on any atom is 0.336 e. The number of nitrogens with zero attached hydrogens (tertiary/aromatic N) is 4. The number of aromatic nitrogens is 4. The summed E-state index contributed by atoms with van der Waals surface area (Å²) in [6.45, 7) is 0. The number of fused-ring (bicyclic) bond motifs is 3. The Morgan fingerprint density at radius 1 is 0.548 bits per heavy atom. The molecule has 3 aromatic carbocycles. The van der Waals surface area contributed by atoms with Gasteiger partial charge in [-0.15, -0.1) is 71.8 Å². The fraction of sp³-hybridized carbons (Fsp3) is 0. The second kappa shape index (κ2) is 15.1. The van der Waals surface area contributed by atoms with Crippen LogP contribution in [0.15, 0.2) is 140 Å². The molecule has 0 saturated carbocycles. The van der Waals surface area contributed by atoms with Gasteiger partial charge in [-0.05, 0) is 35.7 Å². The van der Waals surface area contributed by atoms with E-state index < -0.39 is 5.97 Å².